The Morgan fingerprint density at radius 1 is 1.40 bits per heavy atom. The summed E-state index contributed by atoms with van der Waals surface area (Å²) >= 11 is 0. The lowest BCUT2D eigenvalue weighted by atomic mass is 10.1. The predicted octanol–water partition coefficient (Wildman–Crippen LogP) is 2.56. The maximum absolute atomic E-state index is 11.1. The molecule has 0 aromatic carbocycles. The van der Waals surface area contributed by atoms with Crippen LogP contribution in [0.2, 0.25) is 0 Å². The Balaban J connectivity index is 3.58. The van der Waals surface area contributed by atoms with E-state index in [-0.39, 0.29) is 12.6 Å². The minimum atomic E-state index is -0.361. The summed E-state index contributed by atoms with van der Waals surface area (Å²) in [7, 11) is 0. The Morgan fingerprint density at radius 2 is 2.07 bits per heavy atom. The van der Waals surface area contributed by atoms with E-state index in [0.717, 1.165) is 12.8 Å². The van der Waals surface area contributed by atoms with Crippen LogP contribution >= 0.6 is 0 Å². The van der Waals surface area contributed by atoms with Crippen molar-refractivity contribution < 1.29 is 14.3 Å². The highest BCUT2D eigenvalue weighted by Gasteiger charge is 2.08. The summed E-state index contributed by atoms with van der Waals surface area (Å²) in [5.74, 6) is 0.172. The van der Waals surface area contributed by atoms with Crippen LogP contribution in [0.25, 0.3) is 0 Å². The van der Waals surface area contributed by atoms with Crippen LogP contribution in [0.15, 0.2) is 12.2 Å². The molecular weight excluding hydrogens is 192 g/mol. The molecule has 0 amide bonds. The smallest absolute Gasteiger partial charge is 0.335 e. The second-order valence-corrected chi connectivity index (χ2v) is 3.73. The maximum atomic E-state index is 11.1. The molecule has 1 unspecified atom stereocenters. The fourth-order valence-corrected chi connectivity index (χ4v) is 1.25. The van der Waals surface area contributed by atoms with Gasteiger partial charge in [-0.3, -0.25) is 0 Å². The highest BCUT2D eigenvalue weighted by atomic mass is 16.5. The number of hydrogen-bond acceptors (Lipinski definition) is 3. The standard InChI is InChI=1S/C12H22O3/c1-5-7-10(3)8-14-9-11(4)12(13)15-6-2/h10H,4-9H2,1-3H3. The third-order valence-corrected chi connectivity index (χ3v) is 2.02. The van der Waals surface area contributed by atoms with Crippen LogP contribution in [-0.4, -0.2) is 25.8 Å². The van der Waals surface area contributed by atoms with E-state index in [4.69, 9.17) is 9.47 Å². The predicted molar refractivity (Wildman–Crippen MR) is 60.7 cm³/mol. The van der Waals surface area contributed by atoms with E-state index < -0.39 is 0 Å². The van der Waals surface area contributed by atoms with Crippen LogP contribution in [0.5, 0.6) is 0 Å². The van der Waals surface area contributed by atoms with Gasteiger partial charge in [0.2, 0.25) is 0 Å². The lowest BCUT2D eigenvalue weighted by Crippen LogP contribution is -2.14. The molecule has 0 radical (unpaired) electrons. The molecule has 0 saturated carbocycles. The maximum Gasteiger partial charge on any atom is 0.335 e. The number of rotatable bonds is 8. The molecule has 0 heterocycles. The average Bonchev–Trinajstić information content (AvgIpc) is 2.18. The Morgan fingerprint density at radius 3 is 2.60 bits per heavy atom. The first-order valence-electron chi connectivity index (χ1n) is 5.54. The Hall–Kier alpha value is -0.830. The molecule has 0 aliphatic heterocycles. The van der Waals surface area contributed by atoms with Gasteiger partial charge in [-0.2, -0.15) is 0 Å². The molecular formula is C12H22O3. The normalized spacial score (nSPS) is 12.2. The quantitative estimate of drug-likeness (QED) is 0.460. The molecule has 0 spiro atoms. The van der Waals surface area contributed by atoms with E-state index in [1.807, 2.05) is 0 Å². The number of ether oxygens (including phenoxy) is 2. The summed E-state index contributed by atoms with van der Waals surface area (Å²) in [6.07, 6.45) is 2.30. The van der Waals surface area contributed by atoms with E-state index in [0.29, 0.717) is 24.7 Å². The van der Waals surface area contributed by atoms with Gasteiger partial charge in [-0.25, -0.2) is 4.79 Å². The van der Waals surface area contributed by atoms with Gasteiger partial charge in [0.05, 0.1) is 18.8 Å². The summed E-state index contributed by atoms with van der Waals surface area (Å²) < 4.78 is 10.2. The molecule has 0 aliphatic carbocycles. The third kappa shape index (κ3) is 7.14. The minimum Gasteiger partial charge on any atom is -0.463 e. The molecule has 3 nitrogen and oxygen atoms in total. The van der Waals surface area contributed by atoms with E-state index in [1.54, 1.807) is 6.92 Å². The molecule has 0 rings (SSSR count). The van der Waals surface area contributed by atoms with Crippen molar-refractivity contribution in [2.24, 2.45) is 5.92 Å². The molecule has 0 N–H and O–H groups in total. The molecule has 0 fully saturated rings. The van der Waals surface area contributed by atoms with Crippen molar-refractivity contribution in [1.82, 2.24) is 0 Å². The van der Waals surface area contributed by atoms with Crippen molar-refractivity contribution >= 4 is 5.97 Å². The molecule has 0 aromatic heterocycles. The molecule has 0 aromatic rings. The molecule has 0 aliphatic rings. The van der Waals surface area contributed by atoms with E-state index in [2.05, 4.69) is 20.4 Å². The monoisotopic (exact) mass is 214 g/mol. The number of esters is 1. The summed E-state index contributed by atoms with van der Waals surface area (Å²) in [6, 6.07) is 0. The van der Waals surface area contributed by atoms with Crippen LogP contribution in [0.1, 0.15) is 33.6 Å². The zero-order valence-electron chi connectivity index (χ0n) is 10.0. The van der Waals surface area contributed by atoms with Gasteiger partial charge in [-0.1, -0.05) is 26.8 Å². The van der Waals surface area contributed by atoms with Gasteiger partial charge in [-0.05, 0) is 19.3 Å². The van der Waals surface area contributed by atoms with Crippen LogP contribution in [-0.2, 0) is 14.3 Å². The van der Waals surface area contributed by atoms with Gasteiger partial charge in [0.15, 0.2) is 0 Å². The van der Waals surface area contributed by atoms with Crippen LogP contribution in [0.3, 0.4) is 0 Å². The van der Waals surface area contributed by atoms with Crippen molar-refractivity contribution in [3.63, 3.8) is 0 Å². The van der Waals surface area contributed by atoms with E-state index in [1.165, 1.54) is 0 Å². The first-order chi connectivity index (χ1) is 7.11. The van der Waals surface area contributed by atoms with Crippen LogP contribution < -0.4 is 0 Å². The third-order valence-electron chi connectivity index (χ3n) is 2.02. The van der Waals surface area contributed by atoms with E-state index in [9.17, 15) is 4.79 Å². The largest absolute Gasteiger partial charge is 0.463 e. The van der Waals surface area contributed by atoms with Gasteiger partial charge >= 0.3 is 5.97 Å². The van der Waals surface area contributed by atoms with Gasteiger partial charge in [0.25, 0.3) is 0 Å². The highest BCUT2D eigenvalue weighted by molar-refractivity contribution is 5.87. The van der Waals surface area contributed by atoms with Crippen LogP contribution in [0.4, 0.5) is 0 Å². The van der Waals surface area contributed by atoms with Gasteiger partial charge in [0.1, 0.15) is 0 Å². The second kappa shape index (κ2) is 8.48. The number of carbonyl (C=O) groups is 1. The molecule has 0 saturated heterocycles. The Kier molecular flexibility index (Phi) is 8.01. The fourth-order valence-electron chi connectivity index (χ4n) is 1.25. The van der Waals surface area contributed by atoms with Gasteiger partial charge in [0, 0.05) is 6.61 Å². The number of carbonyl (C=O) groups excluding carboxylic acids is 1. The average molecular weight is 214 g/mol. The second-order valence-electron chi connectivity index (χ2n) is 3.73. The van der Waals surface area contributed by atoms with Crippen molar-refractivity contribution in [3.05, 3.63) is 12.2 Å². The van der Waals surface area contributed by atoms with Gasteiger partial charge < -0.3 is 9.47 Å². The Labute approximate surface area is 92.5 Å². The molecule has 15 heavy (non-hydrogen) atoms. The summed E-state index contributed by atoms with van der Waals surface area (Å²) in [5, 5.41) is 0. The topological polar surface area (TPSA) is 35.5 Å². The van der Waals surface area contributed by atoms with Crippen molar-refractivity contribution in [3.8, 4) is 0 Å². The van der Waals surface area contributed by atoms with Crippen molar-refractivity contribution in [1.29, 1.82) is 0 Å². The van der Waals surface area contributed by atoms with Gasteiger partial charge in [-0.15, -0.1) is 0 Å². The summed E-state index contributed by atoms with van der Waals surface area (Å²) in [6.45, 7) is 11.0. The lowest BCUT2D eigenvalue weighted by molar-refractivity contribution is -0.139. The summed E-state index contributed by atoms with van der Waals surface area (Å²) in [4.78, 5) is 11.1. The zero-order chi connectivity index (χ0) is 11.7. The zero-order valence-corrected chi connectivity index (χ0v) is 10.0. The first-order valence-corrected chi connectivity index (χ1v) is 5.54. The van der Waals surface area contributed by atoms with E-state index >= 15 is 0 Å². The summed E-state index contributed by atoms with van der Waals surface area (Å²) in [5.41, 5.74) is 0.389. The highest BCUT2D eigenvalue weighted by Crippen LogP contribution is 2.06. The minimum absolute atomic E-state index is 0.271. The molecule has 88 valence electrons. The first kappa shape index (κ1) is 14.2. The Bertz CT molecular complexity index is 199. The van der Waals surface area contributed by atoms with Crippen molar-refractivity contribution in [2.75, 3.05) is 19.8 Å². The number of hydrogen-bond donors (Lipinski definition) is 0. The lowest BCUT2D eigenvalue weighted by Gasteiger charge is -2.11. The molecule has 0 bridgehead atoms. The molecule has 1 atom stereocenters. The fraction of sp³-hybridized carbons (Fsp3) is 0.750. The van der Waals surface area contributed by atoms with Crippen molar-refractivity contribution in [2.45, 2.75) is 33.6 Å². The van der Waals surface area contributed by atoms with Crippen LogP contribution in [0, 0.1) is 5.92 Å². The SMILES string of the molecule is C=C(COCC(C)CCC)C(=O)OCC. The molecule has 3 heteroatoms.